The van der Waals surface area contributed by atoms with Crippen LogP contribution in [0, 0.1) is 0 Å². The van der Waals surface area contributed by atoms with Crippen LogP contribution in [0.4, 0.5) is 32.4 Å². The maximum Gasteiger partial charge on any atom is 0.417 e. The predicted molar refractivity (Wildman–Crippen MR) is 79.1 cm³/mol. The molecule has 2 N–H and O–H groups in total. The number of urea groups is 1. The second kappa shape index (κ2) is 6.31. The van der Waals surface area contributed by atoms with Crippen molar-refractivity contribution in [3.05, 3.63) is 27.1 Å². The molecule has 0 fully saturated rings. The first-order valence-electron chi connectivity index (χ1n) is 5.77. The van der Waals surface area contributed by atoms with E-state index in [0.29, 0.717) is 8.95 Å². The average Bonchev–Trinajstić information content (AvgIpc) is 2.29. The molecule has 0 radical (unpaired) electrons. The van der Waals surface area contributed by atoms with Gasteiger partial charge in [-0.25, -0.2) is 13.6 Å². The second-order valence-electron chi connectivity index (χ2n) is 4.71. The van der Waals surface area contributed by atoms with Gasteiger partial charge in [-0.15, -0.1) is 0 Å². The summed E-state index contributed by atoms with van der Waals surface area (Å²) in [6.07, 6.45) is -5.33. The van der Waals surface area contributed by atoms with Crippen molar-refractivity contribution < 1.29 is 26.7 Å². The number of rotatable bonds is 3. The normalized spacial score (nSPS) is 15.1. The Labute approximate surface area is 139 Å². The van der Waals surface area contributed by atoms with E-state index < -0.39 is 23.7 Å². The Morgan fingerprint density at radius 1 is 1.09 bits per heavy atom. The fourth-order valence-electron chi connectivity index (χ4n) is 1.40. The highest BCUT2D eigenvalue weighted by atomic mass is 79.9. The number of halogens is 7. The number of carbonyl (C=O) groups excluding carboxylic acids is 1. The molecule has 1 aromatic carbocycles. The molecule has 2 amide bonds. The first kappa shape index (κ1) is 19.1. The fraction of sp³-hybridized carbons (Fsp3) is 0.417. The van der Waals surface area contributed by atoms with Gasteiger partial charge in [0.25, 0.3) is 5.92 Å². The summed E-state index contributed by atoms with van der Waals surface area (Å²) in [5.41, 5.74) is -3.57. The lowest BCUT2D eigenvalue weighted by Gasteiger charge is -2.37. The topological polar surface area (TPSA) is 41.1 Å². The summed E-state index contributed by atoms with van der Waals surface area (Å²) >= 11 is 6.25. The Morgan fingerprint density at radius 3 is 2.05 bits per heavy atom. The summed E-state index contributed by atoms with van der Waals surface area (Å²) in [6, 6.07) is 3.05. The molecule has 124 valence electrons. The molecule has 0 spiro atoms. The Morgan fingerprint density at radius 2 is 1.64 bits per heavy atom. The zero-order valence-electron chi connectivity index (χ0n) is 11.3. The molecule has 0 saturated carbocycles. The fourth-order valence-corrected chi connectivity index (χ4v) is 2.55. The third-order valence-electron chi connectivity index (χ3n) is 2.99. The minimum absolute atomic E-state index is 0.0936. The molecule has 0 bridgehead atoms. The van der Waals surface area contributed by atoms with Crippen LogP contribution in [0.5, 0.6) is 0 Å². The van der Waals surface area contributed by atoms with Gasteiger partial charge < -0.3 is 10.6 Å². The highest BCUT2D eigenvalue weighted by Gasteiger charge is 2.65. The van der Waals surface area contributed by atoms with Gasteiger partial charge in [-0.2, -0.15) is 13.2 Å². The summed E-state index contributed by atoms with van der Waals surface area (Å²) in [5, 5.41) is 3.39. The van der Waals surface area contributed by atoms with Gasteiger partial charge in [-0.3, -0.25) is 0 Å². The number of hydrogen-bond acceptors (Lipinski definition) is 1. The van der Waals surface area contributed by atoms with E-state index in [4.69, 9.17) is 0 Å². The molecule has 0 aliphatic rings. The minimum atomic E-state index is -5.33. The first-order chi connectivity index (χ1) is 9.78. The van der Waals surface area contributed by atoms with Crippen molar-refractivity contribution in [1.82, 2.24) is 5.32 Å². The number of nitrogens with one attached hydrogen (secondary N) is 2. The van der Waals surface area contributed by atoms with Gasteiger partial charge in [-0.05, 0) is 41.1 Å². The van der Waals surface area contributed by atoms with Crippen LogP contribution in [0.3, 0.4) is 0 Å². The van der Waals surface area contributed by atoms with Gasteiger partial charge in [0.1, 0.15) is 0 Å². The van der Waals surface area contributed by atoms with Crippen LogP contribution in [-0.4, -0.2) is 23.7 Å². The lowest BCUT2D eigenvalue weighted by atomic mass is 9.94. The Kier molecular flexibility index (Phi) is 5.49. The lowest BCUT2D eigenvalue weighted by molar-refractivity contribution is -0.249. The molecule has 1 atom stereocenters. The number of anilines is 1. The highest BCUT2D eigenvalue weighted by molar-refractivity contribution is 9.11. The monoisotopic (exact) mass is 452 g/mol. The van der Waals surface area contributed by atoms with Crippen LogP contribution in [0.2, 0.25) is 0 Å². The molecule has 1 unspecified atom stereocenters. The van der Waals surface area contributed by atoms with E-state index in [9.17, 15) is 26.7 Å². The molecule has 0 heterocycles. The van der Waals surface area contributed by atoms with Crippen LogP contribution >= 0.6 is 31.9 Å². The summed E-state index contributed by atoms with van der Waals surface area (Å²) in [5.74, 6) is -4.21. The van der Waals surface area contributed by atoms with Gasteiger partial charge in [0.05, 0.1) is 5.69 Å². The zero-order chi connectivity index (χ0) is 17.3. The molecular weight excluding hydrogens is 443 g/mol. The highest BCUT2D eigenvalue weighted by Crippen LogP contribution is 2.41. The van der Waals surface area contributed by atoms with Crippen LogP contribution in [0.15, 0.2) is 27.1 Å². The number of benzene rings is 1. The summed E-state index contributed by atoms with van der Waals surface area (Å²) in [7, 11) is 0. The van der Waals surface area contributed by atoms with Crippen LogP contribution in [0.1, 0.15) is 13.8 Å². The lowest BCUT2D eigenvalue weighted by Crippen LogP contribution is -2.66. The summed E-state index contributed by atoms with van der Waals surface area (Å²) in [6.45, 7) is 0.319. The van der Waals surface area contributed by atoms with Crippen molar-refractivity contribution in [2.45, 2.75) is 31.5 Å². The molecule has 3 nitrogen and oxygen atoms in total. The molecule has 0 aliphatic carbocycles. The molecule has 0 aromatic heterocycles. The van der Waals surface area contributed by atoms with Crippen molar-refractivity contribution in [2.24, 2.45) is 0 Å². The van der Waals surface area contributed by atoms with Crippen molar-refractivity contribution in [1.29, 1.82) is 0 Å². The Bertz CT molecular complexity index is 558. The Balaban J connectivity index is 2.99. The van der Waals surface area contributed by atoms with Gasteiger partial charge in [-0.1, -0.05) is 15.9 Å². The molecule has 0 aliphatic heterocycles. The molecule has 1 rings (SSSR count). The average molecular weight is 454 g/mol. The third kappa shape index (κ3) is 4.09. The van der Waals surface area contributed by atoms with Gasteiger partial charge in [0, 0.05) is 15.9 Å². The summed E-state index contributed by atoms with van der Waals surface area (Å²) < 4.78 is 66.3. The molecular formula is C12H11Br2F5N2O. The van der Waals surface area contributed by atoms with Crippen LogP contribution < -0.4 is 10.6 Å². The number of hydrogen-bond donors (Lipinski definition) is 2. The van der Waals surface area contributed by atoms with Crippen molar-refractivity contribution in [2.75, 3.05) is 5.32 Å². The van der Waals surface area contributed by atoms with Gasteiger partial charge in [0.15, 0.2) is 5.54 Å². The maximum atomic E-state index is 13.3. The van der Waals surface area contributed by atoms with E-state index in [0.717, 1.165) is 0 Å². The van der Waals surface area contributed by atoms with E-state index in [1.54, 1.807) is 0 Å². The van der Waals surface area contributed by atoms with E-state index in [-0.39, 0.29) is 19.5 Å². The van der Waals surface area contributed by atoms with Crippen LogP contribution in [-0.2, 0) is 0 Å². The zero-order valence-corrected chi connectivity index (χ0v) is 14.5. The van der Waals surface area contributed by atoms with E-state index in [2.05, 4.69) is 37.2 Å². The van der Waals surface area contributed by atoms with Crippen molar-refractivity contribution in [3.8, 4) is 0 Å². The van der Waals surface area contributed by atoms with Gasteiger partial charge >= 0.3 is 12.2 Å². The van der Waals surface area contributed by atoms with Crippen LogP contribution in [0.25, 0.3) is 0 Å². The second-order valence-corrected chi connectivity index (χ2v) is 6.48. The quantitative estimate of drug-likeness (QED) is 0.598. The molecule has 0 saturated heterocycles. The SMILES string of the molecule is CC(F)(F)C(C)(NC(=O)Nc1ccc(Br)cc1Br)C(F)(F)F. The molecule has 1 aromatic rings. The van der Waals surface area contributed by atoms with E-state index in [1.165, 1.54) is 23.5 Å². The standard InChI is InChI=1S/C12H11Br2F5N2O/c1-10(11(2,15)16,12(17,18)19)21-9(22)20-8-4-3-6(13)5-7(8)14/h3-5H,1-2H3,(H2,20,21,22). The molecule has 22 heavy (non-hydrogen) atoms. The number of amides is 2. The smallest absolute Gasteiger partial charge is 0.319 e. The number of carbonyl (C=O) groups is 1. The van der Waals surface area contributed by atoms with Crippen molar-refractivity contribution in [3.63, 3.8) is 0 Å². The minimum Gasteiger partial charge on any atom is -0.319 e. The third-order valence-corrected chi connectivity index (χ3v) is 4.14. The summed E-state index contributed by atoms with van der Waals surface area (Å²) in [4.78, 5) is 11.7. The number of alkyl halides is 5. The first-order valence-corrected chi connectivity index (χ1v) is 7.35. The van der Waals surface area contributed by atoms with E-state index >= 15 is 0 Å². The predicted octanol–water partition coefficient (Wildman–Crippen LogP) is 5.31. The molecule has 10 heteroatoms. The largest absolute Gasteiger partial charge is 0.417 e. The maximum absolute atomic E-state index is 13.3. The van der Waals surface area contributed by atoms with Gasteiger partial charge in [0.2, 0.25) is 0 Å². The Hall–Kier alpha value is -0.900. The van der Waals surface area contributed by atoms with Crippen molar-refractivity contribution >= 4 is 43.6 Å². The van der Waals surface area contributed by atoms with E-state index in [1.807, 2.05) is 0 Å².